The van der Waals surface area contributed by atoms with E-state index in [1.807, 2.05) is 6.07 Å². The number of nitrogens with zero attached hydrogens (tertiary/aromatic N) is 1. The minimum Gasteiger partial charge on any atom is -0.508 e. The molecule has 150 valence electrons. The van der Waals surface area contributed by atoms with E-state index < -0.39 is 17.1 Å². The fourth-order valence-corrected chi connectivity index (χ4v) is 6.13. The Bertz CT molecular complexity index is 851. The third kappa shape index (κ3) is 2.54. The van der Waals surface area contributed by atoms with Crippen LogP contribution in [0.1, 0.15) is 50.2 Å². The number of phenols is 1. The standard InChI is InChI=1S/C22H28N2O4/c1-13(25)23-18-10-22(28)20-8-15-4-5-16(26)9-17(15)21(22,11-19(18)27)6-7-24(20)12-14-2-3-14/h4-5,9,14,18,20,26,28H,2-3,6-8,10-12H2,1H3,(H,23,25)/t18-,20+,21+,22+/m0/s1. The zero-order chi connectivity index (χ0) is 19.7. The maximum absolute atomic E-state index is 13.0. The van der Waals surface area contributed by atoms with Gasteiger partial charge in [0.15, 0.2) is 5.78 Å². The third-order valence-corrected chi connectivity index (χ3v) is 7.62. The van der Waals surface area contributed by atoms with E-state index in [4.69, 9.17) is 0 Å². The minimum atomic E-state index is -1.10. The molecule has 3 aliphatic carbocycles. The summed E-state index contributed by atoms with van der Waals surface area (Å²) in [6, 6.07) is 4.69. The Labute approximate surface area is 164 Å². The van der Waals surface area contributed by atoms with Gasteiger partial charge in [-0.1, -0.05) is 6.07 Å². The van der Waals surface area contributed by atoms with Crippen LogP contribution in [0.15, 0.2) is 18.2 Å². The van der Waals surface area contributed by atoms with E-state index in [0.29, 0.717) is 18.8 Å². The third-order valence-electron chi connectivity index (χ3n) is 7.62. The molecular formula is C22H28N2O4. The van der Waals surface area contributed by atoms with Crippen LogP contribution in [0, 0.1) is 5.92 Å². The molecule has 3 fully saturated rings. The maximum atomic E-state index is 13.0. The normalized spacial score (nSPS) is 37.1. The first-order valence-electron chi connectivity index (χ1n) is 10.4. The van der Waals surface area contributed by atoms with E-state index in [2.05, 4.69) is 10.2 Å². The van der Waals surface area contributed by atoms with Crippen LogP contribution in [-0.4, -0.2) is 57.6 Å². The van der Waals surface area contributed by atoms with Crippen molar-refractivity contribution in [2.75, 3.05) is 13.1 Å². The number of phenolic OH excluding ortho intramolecular Hbond substituents is 1. The van der Waals surface area contributed by atoms with Crippen molar-refractivity contribution in [1.82, 2.24) is 10.2 Å². The fourth-order valence-electron chi connectivity index (χ4n) is 6.13. The molecule has 3 N–H and O–H groups in total. The molecule has 4 atom stereocenters. The Morgan fingerprint density at radius 2 is 2.14 bits per heavy atom. The van der Waals surface area contributed by atoms with Gasteiger partial charge in [0.05, 0.1) is 11.6 Å². The Morgan fingerprint density at radius 3 is 2.86 bits per heavy atom. The summed E-state index contributed by atoms with van der Waals surface area (Å²) in [7, 11) is 0. The van der Waals surface area contributed by atoms with Gasteiger partial charge in [-0.05, 0) is 61.4 Å². The topological polar surface area (TPSA) is 89.9 Å². The molecule has 2 bridgehead atoms. The average Bonchev–Trinajstić information content (AvgIpc) is 3.43. The number of rotatable bonds is 3. The second kappa shape index (κ2) is 6.04. The molecule has 1 aromatic rings. The molecule has 0 aromatic heterocycles. The number of amides is 1. The summed E-state index contributed by atoms with van der Waals surface area (Å²) in [4.78, 5) is 27.0. The second-order valence-electron chi connectivity index (χ2n) is 9.36. The lowest BCUT2D eigenvalue weighted by atomic mass is 9.48. The Balaban J connectivity index is 1.61. The molecule has 28 heavy (non-hydrogen) atoms. The van der Waals surface area contributed by atoms with Gasteiger partial charge in [-0.25, -0.2) is 0 Å². The number of carbonyl (C=O) groups excluding carboxylic acids is 2. The number of aliphatic hydroxyl groups is 1. The molecule has 0 spiro atoms. The lowest BCUT2D eigenvalue weighted by Crippen LogP contribution is -2.76. The van der Waals surface area contributed by atoms with Crippen LogP contribution in [0.3, 0.4) is 0 Å². The molecule has 1 aliphatic heterocycles. The first kappa shape index (κ1) is 18.1. The van der Waals surface area contributed by atoms with Crippen molar-refractivity contribution in [3.05, 3.63) is 29.3 Å². The number of carbonyl (C=O) groups is 2. The van der Waals surface area contributed by atoms with Crippen molar-refractivity contribution in [2.45, 2.75) is 68.5 Å². The summed E-state index contributed by atoms with van der Waals surface area (Å²) in [6.07, 6.45) is 4.36. The van der Waals surface area contributed by atoms with Gasteiger partial charge in [0.1, 0.15) is 5.75 Å². The molecule has 6 nitrogen and oxygen atoms in total. The number of hydrogen-bond acceptors (Lipinski definition) is 5. The van der Waals surface area contributed by atoms with Crippen molar-refractivity contribution >= 4 is 11.7 Å². The molecule has 1 amide bonds. The highest BCUT2D eigenvalue weighted by atomic mass is 16.3. The monoisotopic (exact) mass is 384 g/mol. The molecule has 4 aliphatic rings. The fraction of sp³-hybridized carbons (Fsp3) is 0.636. The zero-order valence-electron chi connectivity index (χ0n) is 16.3. The number of Topliss-reactive ketones (excluding diaryl/α,β-unsaturated/α-hetero) is 1. The summed E-state index contributed by atoms with van der Waals surface area (Å²) in [5.74, 6) is 0.622. The van der Waals surface area contributed by atoms with E-state index in [1.54, 1.807) is 12.1 Å². The average molecular weight is 384 g/mol. The summed E-state index contributed by atoms with van der Waals surface area (Å²) in [5, 5.41) is 25.1. The lowest BCUT2D eigenvalue weighted by Gasteiger charge is -2.64. The van der Waals surface area contributed by atoms with Gasteiger partial charge < -0.3 is 15.5 Å². The first-order valence-corrected chi connectivity index (χ1v) is 10.4. The minimum absolute atomic E-state index is 0.0227. The largest absolute Gasteiger partial charge is 0.508 e. The Kier molecular flexibility index (Phi) is 3.91. The summed E-state index contributed by atoms with van der Waals surface area (Å²) >= 11 is 0. The van der Waals surface area contributed by atoms with Crippen molar-refractivity contribution in [1.29, 1.82) is 0 Å². The number of hydrogen-bond donors (Lipinski definition) is 3. The predicted molar refractivity (Wildman–Crippen MR) is 103 cm³/mol. The first-order chi connectivity index (χ1) is 13.3. The molecule has 6 heteroatoms. The summed E-state index contributed by atoms with van der Waals surface area (Å²) < 4.78 is 0. The molecule has 5 rings (SSSR count). The zero-order valence-corrected chi connectivity index (χ0v) is 16.3. The van der Waals surface area contributed by atoms with Crippen LogP contribution in [-0.2, 0) is 21.4 Å². The van der Waals surface area contributed by atoms with Crippen molar-refractivity contribution in [3.63, 3.8) is 0 Å². The van der Waals surface area contributed by atoms with Crippen LogP contribution >= 0.6 is 0 Å². The highest BCUT2D eigenvalue weighted by molar-refractivity contribution is 5.91. The van der Waals surface area contributed by atoms with E-state index in [1.165, 1.54) is 19.8 Å². The summed E-state index contributed by atoms with van der Waals surface area (Å²) in [6.45, 7) is 3.27. The number of ketones is 1. The second-order valence-corrected chi connectivity index (χ2v) is 9.36. The Morgan fingerprint density at radius 1 is 1.36 bits per heavy atom. The SMILES string of the molecule is CC(=O)N[C@H]1C[C@@]2(O)[C@H]3Cc4ccc(O)cc4[C@@]2(CCN3CC2CC2)CC1=O. The van der Waals surface area contributed by atoms with Crippen molar-refractivity contribution in [3.8, 4) is 5.75 Å². The van der Waals surface area contributed by atoms with Crippen LogP contribution in [0.5, 0.6) is 5.75 Å². The summed E-state index contributed by atoms with van der Waals surface area (Å²) in [5.41, 5.74) is 0.267. The lowest BCUT2D eigenvalue weighted by molar-refractivity contribution is -0.178. The van der Waals surface area contributed by atoms with Gasteiger partial charge in [0.2, 0.25) is 5.91 Å². The predicted octanol–water partition coefficient (Wildman–Crippen LogP) is 1.27. The molecule has 0 radical (unpaired) electrons. The quantitative estimate of drug-likeness (QED) is 0.730. The van der Waals surface area contributed by atoms with Gasteiger partial charge >= 0.3 is 0 Å². The van der Waals surface area contributed by atoms with Crippen LogP contribution in [0.25, 0.3) is 0 Å². The van der Waals surface area contributed by atoms with Crippen molar-refractivity contribution in [2.24, 2.45) is 5.92 Å². The molecule has 1 aromatic carbocycles. The highest BCUT2D eigenvalue weighted by Crippen LogP contribution is 2.58. The molecule has 1 saturated heterocycles. The number of aromatic hydroxyl groups is 1. The molecule has 0 unspecified atom stereocenters. The van der Waals surface area contributed by atoms with Crippen LogP contribution < -0.4 is 5.32 Å². The molecular weight excluding hydrogens is 356 g/mol. The van der Waals surface area contributed by atoms with E-state index in [9.17, 15) is 19.8 Å². The van der Waals surface area contributed by atoms with E-state index in [-0.39, 0.29) is 36.3 Å². The van der Waals surface area contributed by atoms with Crippen molar-refractivity contribution < 1.29 is 19.8 Å². The number of nitrogens with one attached hydrogen (secondary N) is 1. The Hall–Kier alpha value is -1.92. The molecule has 1 heterocycles. The van der Waals surface area contributed by atoms with Crippen LogP contribution in [0.4, 0.5) is 0 Å². The van der Waals surface area contributed by atoms with E-state index in [0.717, 1.165) is 24.2 Å². The van der Waals surface area contributed by atoms with Gasteiger partial charge in [0, 0.05) is 37.8 Å². The number of fused-ring (bicyclic) bond motifs is 1. The van der Waals surface area contributed by atoms with Gasteiger partial charge in [-0.15, -0.1) is 0 Å². The smallest absolute Gasteiger partial charge is 0.217 e. The van der Waals surface area contributed by atoms with Gasteiger partial charge in [-0.3, -0.25) is 14.5 Å². The number of likely N-dealkylation sites (tertiary alicyclic amines) is 1. The number of benzene rings is 1. The van der Waals surface area contributed by atoms with Gasteiger partial charge in [-0.2, -0.15) is 0 Å². The van der Waals surface area contributed by atoms with Crippen LogP contribution in [0.2, 0.25) is 0 Å². The van der Waals surface area contributed by atoms with Gasteiger partial charge in [0.25, 0.3) is 0 Å². The number of piperidine rings is 1. The van der Waals surface area contributed by atoms with E-state index >= 15 is 0 Å². The highest BCUT2D eigenvalue weighted by Gasteiger charge is 2.66. The maximum Gasteiger partial charge on any atom is 0.217 e. The molecule has 2 saturated carbocycles.